The second-order valence-corrected chi connectivity index (χ2v) is 2.91. The van der Waals surface area contributed by atoms with Gasteiger partial charge in [0, 0.05) is 12.4 Å². The average Bonchev–Trinajstić information content (AvgIpc) is 2.52. The van der Waals surface area contributed by atoms with Crippen LogP contribution in [0.5, 0.6) is 0 Å². The molecule has 0 radical (unpaired) electrons. The Kier molecular flexibility index (Phi) is 1.66. The lowest BCUT2D eigenvalue weighted by Crippen LogP contribution is -1.89. The molecule has 4 heteroatoms. The number of nitrogens with one attached hydrogen (secondary N) is 2. The van der Waals surface area contributed by atoms with E-state index in [1.165, 1.54) is 0 Å². The first-order valence-electron chi connectivity index (χ1n) is 3.62. The number of H-pyrrole nitrogens is 1. The predicted molar refractivity (Wildman–Crippen MR) is 50.7 cm³/mol. The van der Waals surface area contributed by atoms with Crippen molar-refractivity contribution in [1.29, 1.82) is 0 Å². The van der Waals surface area contributed by atoms with Gasteiger partial charge in [0.2, 0.25) is 0 Å². The van der Waals surface area contributed by atoms with E-state index in [2.05, 4.69) is 15.5 Å². The summed E-state index contributed by atoms with van der Waals surface area (Å²) in [5, 5.41) is 11.6. The van der Waals surface area contributed by atoms with Crippen molar-refractivity contribution in [3.8, 4) is 0 Å². The molecule has 0 saturated heterocycles. The van der Waals surface area contributed by atoms with Gasteiger partial charge in [-0.3, -0.25) is 5.10 Å². The zero-order chi connectivity index (χ0) is 8.55. The third-order valence-electron chi connectivity index (χ3n) is 1.82. The van der Waals surface area contributed by atoms with Crippen molar-refractivity contribution in [2.45, 2.75) is 0 Å². The molecule has 0 amide bonds. The number of nitrogens with zero attached hydrogens (tertiary/aromatic N) is 1. The van der Waals surface area contributed by atoms with Crippen LogP contribution < -0.4 is 5.32 Å². The highest BCUT2D eigenvalue weighted by molar-refractivity contribution is 6.34. The second-order valence-electron chi connectivity index (χ2n) is 2.50. The number of rotatable bonds is 1. The predicted octanol–water partition coefficient (Wildman–Crippen LogP) is 2.26. The SMILES string of the molecule is CNc1c(Cl)ccc2[nH]ncc12. The first-order valence-corrected chi connectivity index (χ1v) is 4.00. The Bertz CT molecular complexity index is 408. The number of aromatic amines is 1. The molecule has 62 valence electrons. The smallest absolute Gasteiger partial charge is 0.0672 e. The van der Waals surface area contributed by atoms with E-state index < -0.39 is 0 Å². The van der Waals surface area contributed by atoms with Gasteiger partial charge in [-0.25, -0.2) is 0 Å². The fraction of sp³-hybridized carbons (Fsp3) is 0.125. The van der Waals surface area contributed by atoms with E-state index in [1.54, 1.807) is 6.20 Å². The summed E-state index contributed by atoms with van der Waals surface area (Å²) in [7, 11) is 1.84. The van der Waals surface area contributed by atoms with Gasteiger partial charge in [-0.15, -0.1) is 0 Å². The van der Waals surface area contributed by atoms with Gasteiger partial charge in [0.15, 0.2) is 0 Å². The number of hydrogen-bond acceptors (Lipinski definition) is 2. The highest BCUT2D eigenvalue weighted by atomic mass is 35.5. The van der Waals surface area contributed by atoms with Gasteiger partial charge in [0.1, 0.15) is 0 Å². The molecule has 0 saturated carbocycles. The summed E-state index contributed by atoms with van der Waals surface area (Å²) in [5.41, 5.74) is 1.91. The van der Waals surface area contributed by atoms with Gasteiger partial charge >= 0.3 is 0 Å². The zero-order valence-electron chi connectivity index (χ0n) is 6.56. The lowest BCUT2D eigenvalue weighted by Gasteiger charge is -2.03. The van der Waals surface area contributed by atoms with E-state index in [1.807, 2.05) is 19.2 Å². The summed E-state index contributed by atoms with van der Waals surface area (Å²) in [4.78, 5) is 0. The Morgan fingerprint density at radius 2 is 2.33 bits per heavy atom. The maximum absolute atomic E-state index is 5.96. The Labute approximate surface area is 74.7 Å². The quantitative estimate of drug-likeness (QED) is 0.709. The monoisotopic (exact) mass is 181 g/mol. The molecular formula is C8H8ClN3. The molecule has 12 heavy (non-hydrogen) atoms. The molecule has 0 spiro atoms. The highest BCUT2D eigenvalue weighted by Crippen LogP contribution is 2.29. The molecule has 0 aliphatic carbocycles. The van der Waals surface area contributed by atoms with Crippen molar-refractivity contribution >= 4 is 28.2 Å². The minimum absolute atomic E-state index is 0.714. The fourth-order valence-electron chi connectivity index (χ4n) is 1.24. The van der Waals surface area contributed by atoms with Gasteiger partial charge in [-0.05, 0) is 12.1 Å². The van der Waals surface area contributed by atoms with Crippen LogP contribution in [0.1, 0.15) is 0 Å². The van der Waals surface area contributed by atoms with Crippen LogP contribution in [0, 0.1) is 0 Å². The molecule has 0 aliphatic heterocycles. The molecule has 3 nitrogen and oxygen atoms in total. The normalized spacial score (nSPS) is 10.5. The van der Waals surface area contributed by atoms with E-state index in [9.17, 15) is 0 Å². The molecule has 2 aromatic rings. The van der Waals surface area contributed by atoms with E-state index in [4.69, 9.17) is 11.6 Å². The van der Waals surface area contributed by atoms with E-state index >= 15 is 0 Å². The Morgan fingerprint density at radius 1 is 1.50 bits per heavy atom. The van der Waals surface area contributed by atoms with Gasteiger partial charge in [-0.1, -0.05) is 11.6 Å². The summed E-state index contributed by atoms with van der Waals surface area (Å²) in [6.45, 7) is 0. The minimum atomic E-state index is 0.714. The molecule has 1 aromatic heterocycles. The molecule has 0 bridgehead atoms. The van der Waals surface area contributed by atoms with Crippen LogP contribution in [-0.2, 0) is 0 Å². The van der Waals surface area contributed by atoms with Crippen LogP contribution in [0.25, 0.3) is 10.9 Å². The number of aromatic nitrogens is 2. The third kappa shape index (κ3) is 0.940. The lowest BCUT2D eigenvalue weighted by molar-refractivity contribution is 1.12. The lowest BCUT2D eigenvalue weighted by atomic mass is 10.2. The molecule has 2 rings (SSSR count). The van der Waals surface area contributed by atoms with Crippen LogP contribution >= 0.6 is 11.6 Å². The topological polar surface area (TPSA) is 40.7 Å². The summed E-state index contributed by atoms with van der Waals surface area (Å²) < 4.78 is 0. The molecule has 0 fully saturated rings. The number of anilines is 1. The van der Waals surface area contributed by atoms with Crippen molar-refractivity contribution < 1.29 is 0 Å². The highest BCUT2D eigenvalue weighted by Gasteiger charge is 2.04. The summed E-state index contributed by atoms with van der Waals surface area (Å²) in [6.07, 6.45) is 1.76. The minimum Gasteiger partial charge on any atom is -0.386 e. The molecule has 2 N–H and O–H groups in total. The van der Waals surface area contributed by atoms with E-state index in [0.717, 1.165) is 16.6 Å². The number of halogens is 1. The van der Waals surface area contributed by atoms with Gasteiger partial charge in [0.05, 0.1) is 22.4 Å². The molecule has 0 aliphatic rings. The van der Waals surface area contributed by atoms with Crippen molar-refractivity contribution in [3.05, 3.63) is 23.4 Å². The molecular weight excluding hydrogens is 174 g/mol. The van der Waals surface area contributed by atoms with E-state index in [-0.39, 0.29) is 0 Å². The number of benzene rings is 1. The first kappa shape index (κ1) is 7.43. The fourth-order valence-corrected chi connectivity index (χ4v) is 1.50. The third-order valence-corrected chi connectivity index (χ3v) is 2.14. The maximum Gasteiger partial charge on any atom is 0.0672 e. The van der Waals surface area contributed by atoms with Crippen molar-refractivity contribution in [1.82, 2.24) is 10.2 Å². The van der Waals surface area contributed by atoms with Crippen LogP contribution in [0.15, 0.2) is 18.3 Å². The summed E-state index contributed by atoms with van der Waals surface area (Å²) in [6, 6.07) is 3.75. The van der Waals surface area contributed by atoms with E-state index in [0.29, 0.717) is 5.02 Å². The largest absolute Gasteiger partial charge is 0.386 e. The maximum atomic E-state index is 5.96. The first-order chi connectivity index (χ1) is 5.83. The summed E-state index contributed by atoms with van der Waals surface area (Å²) in [5.74, 6) is 0. The Morgan fingerprint density at radius 3 is 3.08 bits per heavy atom. The second kappa shape index (κ2) is 2.68. The Balaban J connectivity index is 2.83. The van der Waals surface area contributed by atoms with Crippen LogP contribution in [-0.4, -0.2) is 17.2 Å². The van der Waals surface area contributed by atoms with Gasteiger partial charge in [0.25, 0.3) is 0 Å². The zero-order valence-corrected chi connectivity index (χ0v) is 7.31. The van der Waals surface area contributed by atoms with Crippen LogP contribution in [0.3, 0.4) is 0 Å². The van der Waals surface area contributed by atoms with Crippen LogP contribution in [0.2, 0.25) is 5.02 Å². The standard InChI is InChI=1S/C8H8ClN3/c1-10-8-5-4-11-12-7(5)3-2-6(8)9/h2-4,10H,1H3,(H,11,12). The molecule has 1 aromatic carbocycles. The van der Waals surface area contributed by atoms with Crippen molar-refractivity contribution in [2.24, 2.45) is 0 Å². The number of hydrogen-bond donors (Lipinski definition) is 2. The van der Waals surface area contributed by atoms with Gasteiger partial charge in [-0.2, -0.15) is 5.10 Å². The Hall–Kier alpha value is -1.22. The summed E-state index contributed by atoms with van der Waals surface area (Å²) >= 11 is 5.96. The van der Waals surface area contributed by atoms with Crippen LogP contribution in [0.4, 0.5) is 5.69 Å². The van der Waals surface area contributed by atoms with Crippen molar-refractivity contribution in [2.75, 3.05) is 12.4 Å². The number of fused-ring (bicyclic) bond motifs is 1. The molecule has 0 atom stereocenters. The molecule has 0 unspecified atom stereocenters. The van der Waals surface area contributed by atoms with Crippen molar-refractivity contribution in [3.63, 3.8) is 0 Å². The van der Waals surface area contributed by atoms with Gasteiger partial charge < -0.3 is 5.32 Å². The molecule has 1 heterocycles. The average molecular weight is 182 g/mol.